The maximum Gasteiger partial charge on any atom is 0.191 e. The van der Waals surface area contributed by atoms with Crippen LogP contribution in [0.2, 0.25) is 0 Å². The van der Waals surface area contributed by atoms with E-state index < -0.39 is 0 Å². The van der Waals surface area contributed by atoms with Gasteiger partial charge in [-0.15, -0.1) is 24.0 Å². The highest BCUT2D eigenvalue weighted by Crippen LogP contribution is 2.16. The molecule has 0 aromatic carbocycles. The molecule has 6 nitrogen and oxygen atoms in total. The number of halogens is 1. The van der Waals surface area contributed by atoms with Gasteiger partial charge in [-0.05, 0) is 31.0 Å². The van der Waals surface area contributed by atoms with Crippen LogP contribution in [0.25, 0.3) is 11.0 Å². The topological polar surface area (TPSA) is 79.5 Å². The fourth-order valence-corrected chi connectivity index (χ4v) is 2.64. The highest BCUT2D eigenvalue weighted by molar-refractivity contribution is 14.0. The number of ether oxygens (including phenoxy) is 1. The molecule has 1 unspecified atom stereocenters. The van der Waals surface area contributed by atoms with E-state index in [1.807, 2.05) is 12.3 Å². The number of fused-ring (bicyclic) bond motifs is 1. The third kappa shape index (κ3) is 3.89. The molecule has 2 aromatic rings. The number of nitrogens with one attached hydrogen (secondary N) is 1. The Bertz CT molecular complexity index is 642. The smallest absolute Gasteiger partial charge is 0.191 e. The predicted molar refractivity (Wildman–Crippen MR) is 98.7 cm³/mol. The van der Waals surface area contributed by atoms with Crippen molar-refractivity contribution in [2.75, 3.05) is 26.2 Å². The second-order valence-corrected chi connectivity index (χ2v) is 5.33. The maximum atomic E-state index is 6.06. The molecule has 1 saturated heterocycles. The first-order chi connectivity index (χ1) is 10.2. The molecule has 1 aliphatic rings. The Morgan fingerprint density at radius 2 is 2.45 bits per heavy atom. The van der Waals surface area contributed by atoms with Crippen LogP contribution in [0.4, 0.5) is 0 Å². The van der Waals surface area contributed by atoms with Gasteiger partial charge in [0.05, 0.1) is 12.7 Å². The van der Waals surface area contributed by atoms with E-state index in [0.29, 0.717) is 19.1 Å². The fraction of sp³-hybridized carbons (Fsp3) is 0.467. The van der Waals surface area contributed by atoms with Gasteiger partial charge in [-0.1, -0.05) is 0 Å². The van der Waals surface area contributed by atoms with E-state index in [1.54, 1.807) is 6.20 Å². The highest BCUT2D eigenvalue weighted by atomic mass is 127. The number of aliphatic imine (C=N–C) groups is 1. The van der Waals surface area contributed by atoms with Gasteiger partial charge >= 0.3 is 0 Å². The maximum absolute atomic E-state index is 6.06. The number of rotatable bonds is 3. The first-order valence-electron chi connectivity index (χ1n) is 7.31. The highest BCUT2D eigenvalue weighted by Gasteiger charge is 2.17. The van der Waals surface area contributed by atoms with E-state index in [-0.39, 0.29) is 30.1 Å². The minimum Gasteiger partial charge on any atom is -0.375 e. The molecule has 0 amide bonds. The lowest BCUT2D eigenvalue weighted by Gasteiger charge is -2.31. The van der Waals surface area contributed by atoms with Gasteiger partial charge in [0.25, 0.3) is 0 Å². The number of pyridine rings is 1. The summed E-state index contributed by atoms with van der Waals surface area (Å²) in [6.07, 6.45) is 4.86. The van der Waals surface area contributed by atoms with E-state index in [4.69, 9.17) is 10.5 Å². The zero-order valence-electron chi connectivity index (χ0n) is 12.7. The number of H-pyrrole nitrogens is 1. The number of morpholine rings is 1. The summed E-state index contributed by atoms with van der Waals surface area (Å²) in [6.45, 7) is 5.08. The summed E-state index contributed by atoms with van der Waals surface area (Å²) in [5.74, 6) is 0.614. The molecule has 0 radical (unpaired) electrons. The second-order valence-electron chi connectivity index (χ2n) is 5.33. The molecule has 3 rings (SSSR count). The van der Waals surface area contributed by atoms with Crippen LogP contribution in [0.15, 0.2) is 29.5 Å². The molecule has 0 bridgehead atoms. The lowest BCUT2D eigenvalue weighted by Crippen LogP contribution is -2.47. The molecule has 120 valence electrons. The quantitative estimate of drug-likeness (QED) is 0.455. The average molecular weight is 415 g/mol. The van der Waals surface area contributed by atoms with Crippen molar-refractivity contribution in [1.82, 2.24) is 14.9 Å². The lowest BCUT2D eigenvalue weighted by atomic mass is 10.1. The average Bonchev–Trinajstić information content (AvgIpc) is 2.91. The van der Waals surface area contributed by atoms with E-state index in [1.165, 1.54) is 5.56 Å². The second kappa shape index (κ2) is 7.77. The van der Waals surface area contributed by atoms with Crippen molar-refractivity contribution in [2.45, 2.75) is 19.4 Å². The van der Waals surface area contributed by atoms with E-state index in [9.17, 15) is 0 Å². The Morgan fingerprint density at radius 1 is 1.59 bits per heavy atom. The molecule has 2 aromatic heterocycles. The minimum atomic E-state index is 0. The van der Waals surface area contributed by atoms with Crippen molar-refractivity contribution in [2.24, 2.45) is 10.7 Å². The monoisotopic (exact) mass is 415 g/mol. The van der Waals surface area contributed by atoms with Gasteiger partial charge in [0.2, 0.25) is 0 Å². The van der Waals surface area contributed by atoms with Gasteiger partial charge in [-0.3, -0.25) is 4.99 Å². The van der Waals surface area contributed by atoms with Crippen molar-refractivity contribution in [1.29, 1.82) is 0 Å². The zero-order chi connectivity index (χ0) is 14.7. The number of aromatic amines is 1. The van der Waals surface area contributed by atoms with Crippen LogP contribution in [-0.4, -0.2) is 53.2 Å². The number of guanidine groups is 1. The van der Waals surface area contributed by atoms with Crippen LogP contribution >= 0.6 is 24.0 Å². The SMILES string of the molecule is CC1CN(C(N)=NCCc2c[nH]c3ncccc23)CCO1.I. The number of aromatic nitrogens is 2. The van der Waals surface area contributed by atoms with Gasteiger partial charge in [-0.25, -0.2) is 4.98 Å². The molecular weight excluding hydrogens is 393 g/mol. The number of nitrogens with zero attached hydrogens (tertiary/aromatic N) is 3. The molecular formula is C15H22IN5O. The lowest BCUT2D eigenvalue weighted by molar-refractivity contribution is 0.00530. The summed E-state index contributed by atoms with van der Waals surface area (Å²) in [5, 5.41) is 1.16. The third-order valence-electron chi connectivity index (χ3n) is 3.76. The molecule has 0 spiro atoms. The van der Waals surface area contributed by atoms with Crippen molar-refractivity contribution in [3.8, 4) is 0 Å². The Labute approximate surface area is 147 Å². The molecule has 3 heterocycles. The molecule has 1 aliphatic heterocycles. The van der Waals surface area contributed by atoms with E-state index in [2.05, 4.69) is 32.9 Å². The van der Waals surface area contributed by atoms with Gasteiger partial charge in [0.1, 0.15) is 5.65 Å². The largest absolute Gasteiger partial charge is 0.375 e. The molecule has 3 N–H and O–H groups in total. The van der Waals surface area contributed by atoms with Crippen molar-refractivity contribution in [3.05, 3.63) is 30.1 Å². The summed E-state index contributed by atoms with van der Waals surface area (Å²) >= 11 is 0. The first kappa shape index (κ1) is 17.0. The van der Waals surface area contributed by atoms with Crippen LogP contribution in [0, 0.1) is 0 Å². The van der Waals surface area contributed by atoms with Gasteiger partial charge < -0.3 is 20.4 Å². The van der Waals surface area contributed by atoms with Crippen LogP contribution in [0.5, 0.6) is 0 Å². The molecule has 22 heavy (non-hydrogen) atoms. The summed E-state index contributed by atoms with van der Waals surface area (Å²) < 4.78 is 5.51. The molecule has 1 fully saturated rings. The van der Waals surface area contributed by atoms with E-state index >= 15 is 0 Å². The van der Waals surface area contributed by atoms with Crippen LogP contribution in [0.1, 0.15) is 12.5 Å². The Balaban J connectivity index is 0.00000176. The Morgan fingerprint density at radius 3 is 3.27 bits per heavy atom. The summed E-state index contributed by atoms with van der Waals surface area (Å²) in [6, 6.07) is 4.03. The van der Waals surface area contributed by atoms with Gasteiger partial charge in [0.15, 0.2) is 5.96 Å². The van der Waals surface area contributed by atoms with Crippen molar-refractivity contribution >= 4 is 41.0 Å². The zero-order valence-corrected chi connectivity index (χ0v) is 15.0. The Hall–Kier alpha value is -1.35. The molecule has 0 aliphatic carbocycles. The molecule has 7 heteroatoms. The number of hydrogen-bond donors (Lipinski definition) is 2. The fourth-order valence-electron chi connectivity index (χ4n) is 2.64. The standard InChI is InChI=1S/C15H21N5O.HI/c1-11-10-20(7-8-21-11)15(16)18-6-4-12-9-19-14-13(12)3-2-5-17-14;/h2-3,5,9,11H,4,6-8,10H2,1H3,(H2,16,18)(H,17,19);1H. The van der Waals surface area contributed by atoms with Crippen molar-refractivity contribution in [3.63, 3.8) is 0 Å². The molecule has 0 saturated carbocycles. The minimum absolute atomic E-state index is 0. The van der Waals surface area contributed by atoms with Crippen LogP contribution < -0.4 is 5.73 Å². The molecule has 1 atom stereocenters. The van der Waals surface area contributed by atoms with Crippen LogP contribution in [-0.2, 0) is 11.2 Å². The van der Waals surface area contributed by atoms with Crippen LogP contribution in [0.3, 0.4) is 0 Å². The summed E-state index contributed by atoms with van der Waals surface area (Å²) in [4.78, 5) is 14.0. The van der Waals surface area contributed by atoms with Crippen molar-refractivity contribution < 1.29 is 4.74 Å². The van der Waals surface area contributed by atoms with Gasteiger partial charge in [-0.2, -0.15) is 0 Å². The Kier molecular flexibility index (Phi) is 6.01. The summed E-state index contributed by atoms with van der Waals surface area (Å²) in [5.41, 5.74) is 8.21. The van der Waals surface area contributed by atoms with E-state index in [0.717, 1.165) is 30.5 Å². The predicted octanol–water partition coefficient (Wildman–Crippen LogP) is 1.76. The first-order valence-corrected chi connectivity index (χ1v) is 7.31. The van der Waals surface area contributed by atoms with Gasteiger partial charge in [0, 0.05) is 37.4 Å². The number of hydrogen-bond acceptors (Lipinski definition) is 3. The number of nitrogens with two attached hydrogens (primary N) is 1. The third-order valence-corrected chi connectivity index (χ3v) is 3.76. The normalized spacial score (nSPS) is 19.2. The summed E-state index contributed by atoms with van der Waals surface area (Å²) in [7, 11) is 0.